The van der Waals surface area contributed by atoms with Gasteiger partial charge in [-0.05, 0) is 20.3 Å². The van der Waals surface area contributed by atoms with E-state index in [2.05, 4.69) is 14.7 Å². The second-order valence-electron chi connectivity index (χ2n) is 3.90. The minimum atomic E-state index is -4.52. The van der Waals surface area contributed by atoms with Gasteiger partial charge in [0.05, 0.1) is 0 Å². The smallest absolute Gasteiger partial charge is 0.396 e. The predicted octanol–water partition coefficient (Wildman–Crippen LogP) is 2.13. The number of nitrogens with zero attached hydrogens (tertiary/aromatic N) is 2. The molecule has 4 nitrogen and oxygen atoms in total. The molecule has 1 heterocycles. The quantitative estimate of drug-likeness (QED) is 0.865. The Morgan fingerprint density at radius 2 is 2.00 bits per heavy atom. The summed E-state index contributed by atoms with van der Waals surface area (Å²) in [6.45, 7) is 3.47. The van der Waals surface area contributed by atoms with Crippen molar-refractivity contribution in [2.24, 2.45) is 0 Å². The summed E-state index contributed by atoms with van der Waals surface area (Å²) in [4.78, 5) is 3.34. The first kappa shape index (κ1) is 13.2. The van der Waals surface area contributed by atoms with Crippen LogP contribution in [0.5, 0.6) is 0 Å². The van der Waals surface area contributed by atoms with Crippen LogP contribution in [0.25, 0.3) is 0 Å². The van der Waals surface area contributed by atoms with Gasteiger partial charge < -0.3 is 10.4 Å². The van der Waals surface area contributed by atoms with Crippen LogP contribution in [-0.4, -0.2) is 26.6 Å². The molecule has 0 aliphatic carbocycles. The van der Waals surface area contributed by atoms with Gasteiger partial charge >= 0.3 is 6.18 Å². The summed E-state index contributed by atoms with van der Waals surface area (Å²) >= 11 is 0.655. The van der Waals surface area contributed by atoms with E-state index in [4.69, 9.17) is 5.11 Å². The molecular formula is C8H12F3N3OS. The highest BCUT2D eigenvalue weighted by Gasteiger charge is 2.36. The summed E-state index contributed by atoms with van der Waals surface area (Å²) in [6.07, 6.45) is -4.11. The lowest BCUT2D eigenvalue weighted by molar-refractivity contribution is -0.144. The molecule has 0 amide bonds. The number of aliphatic hydroxyl groups excluding tert-OH is 1. The fourth-order valence-electron chi connectivity index (χ4n) is 1.02. The molecule has 0 spiro atoms. The summed E-state index contributed by atoms with van der Waals surface area (Å²) in [7, 11) is 0. The average molecular weight is 255 g/mol. The number of hydrogen-bond donors (Lipinski definition) is 2. The fraction of sp³-hybridized carbons (Fsp3) is 0.750. The third-order valence-corrected chi connectivity index (χ3v) is 2.49. The molecule has 0 fully saturated rings. The molecule has 1 aromatic heterocycles. The van der Waals surface area contributed by atoms with Crippen LogP contribution in [0.2, 0.25) is 0 Å². The number of nitrogens with one attached hydrogen (secondary N) is 1. The maximum Gasteiger partial charge on any atom is 0.452 e. The van der Waals surface area contributed by atoms with Crippen LogP contribution in [0.4, 0.5) is 18.3 Å². The maximum absolute atomic E-state index is 12.2. The summed E-state index contributed by atoms with van der Waals surface area (Å²) in [5, 5.41) is 11.7. The molecule has 0 bridgehead atoms. The number of rotatable bonds is 4. The van der Waals surface area contributed by atoms with Crippen LogP contribution in [0.15, 0.2) is 0 Å². The van der Waals surface area contributed by atoms with E-state index in [0.717, 1.165) is 0 Å². The van der Waals surface area contributed by atoms with Gasteiger partial charge in [-0.15, -0.1) is 0 Å². The normalized spacial score (nSPS) is 12.9. The predicted molar refractivity (Wildman–Crippen MR) is 54.3 cm³/mol. The summed E-state index contributed by atoms with van der Waals surface area (Å²) in [5.41, 5.74) is -0.517. The number of aliphatic hydroxyl groups is 1. The zero-order valence-corrected chi connectivity index (χ0v) is 9.61. The molecule has 1 aromatic rings. The highest BCUT2D eigenvalue weighted by Crippen LogP contribution is 2.30. The summed E-state index contributed by atoms with van der Waals surface area (Å²) in [6, 6.07) is 0. The molecule has 0 aliphatic rings. The first-order chi connectivity index (χ1) is 7.24. The summed E-state index contributed by atoms with van der Waals surface area (Å²) in [5.74, 6) is -1.14. The van der Waals surface area contributed by atoms with Crippen molar-refractivity contribution in [3.05, 3.63) is 5.82 Å². The van der Waals surface area contributed by atoms with Crippen molar-refractivity contribution in [1.82, 2.24) is 9.36 Å². The van der Waals surface area contributed by atoms with E-state index in [1.54, 1.807) is 13.8 Å². The van der Waals surface area contributed by atoms with Crippen LogP contribution >= 0.6 is 11.5 Å². The molecule has 0 atom stereocenters. The van der Waals surface area contributed by atoms with E-state index >= 15 is 0 Å². The monoisotopic (exact) mass is 255 g/mol. The Morgan fingerprint density at radius 1 is 1.38 bits per heavy atom. The molecule has 92 valence electrons. The molecule has 8 heteroatoms. The van der Waals surface area contributed by atoms with Crippen molar-refractivity contribution >= 4 is 16.7 Å². The van der Waals surface area contributed by atoms with E-state index in [9.17, 15) is 13.2 Å². The van der Waals surface area contributed by atoms with Crippen LogP contribution in [0.1, 0.15) is 26.1 Å². The first-order valence-electron chi connectivity index (χ1n) is 4.54. The first-order valence-corrected chi connectivity index (χ1v) is 5.32. The molecule has 1 rings (SSSR count). The Kier molecular flexibility index (Phi) is 3.74. The van der Waals surface area contributed by atoms with E-state index in [1.165, 1.54) is 0 Å². The Labute approximate surface area is 94.7 Å². The van der Waals surface area contributed by atoms with E-state index in [1.807, 2.05) is 0 Å². The highest BCUT2D eigenvalue weighted by atomic mass is 32.1. The molecule has 0 saturated carbocycles. The minimum Gasteiger partial charge on any atom is -0.396 e. The number of anilines is 1. The van der Waals surface area contributed by atoms with E-state index in [0.29, 0.717) is 18.0 Å². The maximum atomic E-state index is 12.2. The number of aromatic nitrogens is 2. The average Bonchev–Trinajstić information content (AvgIpc) is 2.50. The Hall–Kier alpha value is -0.890. The van der Waals surface area contributed by atoms with Gasteiger partial charge in [-0.1, -0.05) is 0 Å². The van der Waals surface area contributed by atoms with Gasteiger partial charge in [0, 0.05) is 23.7 Å². The number of alkyl halides is 3. The molecule has 0 aliphatic heterocycles. The van der Waals surface area contributed by atoms with Gasteiger partial charge in [-0.3, -0.25) is 0 Å². The lowest BCUT2D eigenvalue weighted by Gasteiger charge is -2.24. The highest BCUT2D eigenvalue weighted by molar-refractivity contribution is 7.09. The van der Waals surface area contributed by atoms with Gasteiger partial charge in [0.1, 0.15) is 0 Å². The van der Waals surface area contributed by atoms with Crippen molar-refractivity contribution < 1.29 is 18.3 Å². The largest absolute Gasteiger partial charge is 0.452 e. The van der Waals surface area contributed by atoms with Gasteiger partial charge in [0.2, 0.25) is 11.0 Å². The van der Waals surface area contributed by atoms with Crippen molar-refractivity contribution in [1.29, 1.82) is 0 Å². The van der Waals surface area contributed by atoms with Crippen molar-refractivity contribution in [2.45, 2.75) is 32.0 Å². The van der Waals surface area contributed by atoms with E-state index < -0.39 is 17.5 Å². The molecule has 0 aromatic carbocycles. The zero-order chi connectivity index (χ0) is 12.4. The number of halogens is 3. The lowest BCUT2D eigenvalue weighted by atomic mass is 10.0. The Balaban J connectivity index is 2.73. The third kappa shape index (κ3) is 3.60. The van der Waals surface area contributed by atoms with Crippen LogP contribution < -0.4 is 5.32 Å². The Morgan fingerprint density at radius 3 is 2.44 bits per heavy atom. The SMILES string of the molecule is CC(C)(CCO)Nc1nc(C(F)(F)F)ns1. The van der Waals surface area contributed by atoms with Crippen LogP contribution in [0.3, 0.4) is 0 Å². The second-order valence-corrected chi connectivity index (χ2v) is 4.66. The Bertz CT molecular complexity index is 351. The fourth-order valence-corrected chi connectivity index (χ4v) is 1.79. The van der Waals surface area contributed by atoms with Gasteiger partial charge in [-0.2, -0.15) is 22.5 Å². The van der Waals surface area contributed by atoms with Crippen LogP contribution in [0, 0.1) is 0 Å². The lowest BCUT2D eigenvalue weighted by Crippen LogP contribution is -2.31. The molecule has 16 heavy (non-hydrogen) atoms. The van der Waals surface area contributed by atoms with Gasteiger partial charge in [0.15, 0.2) is 0 Å². The van der Waals surface area contributed by atoms with Crippen molar-refractivity contribution in [3.8, 4) is 0 Å². The zero-order valence-electron chi connectivity index (χ0n) is 8.80. The molecule has 0 radical (unpaired) electrons. The van der Waals surface area contributed by atoms with Gasteiger partial charge in [0.25, 0.3) is 0 Å². The molecular weight excluding hydrogens is 243 g/mol. The third-order valence-electron chi connectivity index (χ3n) is 1.86. The van der Waals surface area contributed by atoms with Gasteiger partial charge in [-0.25, -0.2) is 0 Å². The van der Waals surface area contributed by atoms with Crippen molar-refractivity contribution in [3.63, 3.8) is 0 Å². The molecule has 0 unspecified atom stereocenters. The van der Waals surface area contributed by atoms with Crippen LogP contribution in [-0.2, 0) is 6.18 Å². The molecule has 0 saturated heterocycles. The van der Waals surface area contributed by atoms with E-state index in [-0.39, 0.29) is 11.7 Å². The molecule has 2 N–H and O–H groups in total. The standard InChI is InChI=1S/C8H12F3N3OS/c1-7(2,3-4-15)13-6-12-5(14-16-6)8(9,10)11/h15H,3-4H2,1-2H3,(H,12,13,14). The second kappa shape index (κ2) is 4.54. The van der Waals surface area contributed by atoms with Crippen molar-refractivity contribution in [2.75, 3.05) is 11.9 Å². The topological polar surface area (TPSA) is 58.0 Å². The number of hydrogen-bond acceptors (Lipinski definition) is 5. The minimum absolute atomic E-state index is 0.0507. The summed E-state index contributed by atoms with van der Waals surface area (Å²) < 4.78 is 39.8.